The summed E-state index contributed by atoms with van der Waals surface area (Å²) < 4.78 is 0. The summed E-state index contributed by atoms with van der Waals surface area (Å²) in [5, 5.41) is 2.97. The van der Waals surface area contributed by atoms with Crippen LogP contribution in [-0.2, 0) is 18.2 Å². The van der Waals surface area contributed by atoms with Crippen molar-refractivity contribution in [3.8, 4) is 0 Å². The van der Waals surface area contributed by atoms with Gasteiger partial charge < -0.3 is 7.43 Å². The molecule has 0 fully saturated rings. The van der Waals surface area contributed by atoms with Crippen molar-refractivity contribution in [2.45, 2.75) is 0 Å². The Morgan fingerprint density at radius 2 is 1.00 bits per heavy atom. The van der Waals surface area contributed by atoms with Gasteiger partial charge in [-0.05, 0) is 22.9 Å². The van der Waals surface area contributed by atoms with Crippen molar-refractivity contribution >= 4 is 37.3 Å². The SMILES string of the molecule is [CH3-].[Cl][Pd+].c1ccc(PCCPc2ccccc2)cc1. The molecular formula is C15H19ClP2Pd. The van der Waals surface area contributed by atoms with E-state index in [1.807, 2.05) is 0 Å². The molecule has 0 N–H and O–H groups in total. The molecule has 2 rings (SSSR count). The van der Waals surface area contributed by atoms with E-state index in [9.17, 15) is 0 Å². The number of rotatable bonds is 5. The fourth-order valence-corrected chi connectivity index (χ4v) is 3.96. The summed E-state index contributed by atoms with van der Waals surface area (Å²) in [6.45, 7) is 0. The second-order valence-corrected chi connectivity index (χ2v) is 6.45. The Morgan fingerprint density at radius 1 is 0.684 bits per heavy atom. The van der Waals surface area contributed by atoms with Gasteiger partial charge in [-0.3, -0.25) is 0 Å². The maximum Gasteiger partial charge on any atom is -0.0271 e. The molecule has 2 aromatic carbocycles. The van der Waals surface area contributed by atoms with Crippen LogP contribution in [0, 0.1) is 7.43 Å². The molecule has 19 heavy (non-hydrogen) atoms. The molecule has 0 amide bonds. The van der Waals surface area contributed by atoms with E-state index in [4.69, 9.17) is 0 Å². The molecule has 2 aromatic rings. The van der Waals surface area contributed by atoms with Crippen LogP contribution in [0.3, 0.4) is 0 Å². The van der Waals surface area contributed by atoms with Gasteiger partial charge in [0.15, 0.2) is 0 Å². The van der Waals surface area contributed by atoms with Gasteiger partial charge in [0.1, 0.15) is 0 Å². The summed E-state index contributed by atoms with van der Waals surface area (Å²) in [7, 11) is 6.42. The van der Waals surface area contributed by atoms with Gasteiger partial charge >= 0.3 is 27.7 Å². The van der Waals surface area contributed by atoms with Crippen LogP contribution in [0.25, 0.3) is 0 Å². The fraction of sp³-hybridized carbons (Fsp3) is 0.133. The molecule has 0 saturated carbocycles. The van der Waals surface area contributed by atoms with Gasteiger partial charge in [-0.25, -0.2) is 0 Å². The van der Waals surface area contributed by atoms with Crippen molar-refractivity contribution in [3.05, 3.63) is 68.1 Å². The molecule has 0 aliphatic rings. The third-order valence-electron chi connectivity index (χ3n) is 2.33. The normalized spacial score (nSPS) is 10.3. The van der Waals surface area contributed by atoms with Crippen molar-refractivity contribution in [1.29, 1.82) is 0 Å². The number of benzene rings is 2. The van der Waals surface area contributed by atoms with Gasteiger partial charge in [-0.2, -0.15) is 0 Å². The average molecular weight is 403 g/mol. The fourth-order valence-electron chi connectivity index (χ4n) is 1.53. The average Bonchev–Trinajstić information content (AvgIpc) is 2.48. The Labute approximate surface area is 135 Å². The molecule has 0 nitrogen and oxygen atoms in total. The zero-order chi connectivity index (χ0) is 13.1. The Bertz CT molecular complexity index is 368. The van der Waals surface area contributed by atoms with Crippen molar-refractivity contribution in [2.75, 3.05) is 12.3 Å². The minimum absolute atomic E-state index is 0. The van der Waals surface area contributed by atoms with Gasteiger partial charge in [0.05, 0.1) is 0 Å². The number of hydrogen-bond donors (Lipinski definition) is 0. The van der Waals surface area contributed by atoms with E-state index in [0.29, 0.717) is 0 Å². The Balaban J connectivity index is 0.00000103. The van der Waals surface area contributed by atoms with Crippen LogP contribution in [0.1, 0.15) is 0 Å². The third kappa shape index (κ3) is 8.92. The monoisotopic (exact) mass is 402 g/mol. The van der Waals surface area contributed by atoms with E-state index < -0.39 is 0 Å². The Hall–Kier alpha value is 0.252. The van der Waals surface area contributed by atoms with E-state index in [2.05, 4.69) is 88.4 Å². The second kappa shape index (κ2) is 13.2. The first-order chi connectivity index (χ1) is 8.95. The molecule has 0 aromatic heterocycles. The van der Waals surface area contributed by atoms with Crippen LogP contribution in [0.15, 0.2) is 60.7 Å². The quantitative estimate of drug-likeness (QED) is 0.305. The smallest absolute Gasteiger partial charge is 0.0271 e. The molecule has 4 heteroatoms. The van der Waals surface area contributed by atoms with Crippen LogP contribution in [0.2, 0.25) is 0 Å². The molecule has 2 unspecified atom stereocenters. The maximum atomic E-state index is 4.49. The summed E-state index contributed by atoms with van der Waals surface area (Å²) in [5.41, 5.74) is 0. The first-order valence-corrected chi connectivity index (χ1v) is 10.1. The Kier molecular flexibility index (Phi) is 13.4. The minimum Gasteiger partial charge on any atom is -0.0900 e. The summed E-state index contributed by atoms with van der Waals surface area (Å²) in [5.74, 6) is 0. The standard InChI is InChI=1S/C14H16P2.CH3.ClH.Pd/c1-3-7-13(8-4-1)15-11-12-16-14-9-5-2-6-10-14;;;/h1-10,15-16H,11-12H2;1H3;1H;/q;-1;;+2/p-1. The van der Waals surface area contributed by atoms with Gasteiger partial charge in [0, 0.05) is 0 Å². The molecule has 0 bridgehead atoms. The van der Waals surface area contributed by atoms with Crippen molar-refractivity contribution in [2.24, 2.45) is 0 Å². The Morgan fingerprint density at radius 3 is 1.32 bits per heavy atom. The topological polar surface area (TPSA) is 0 Å². The van der Waals surface area contributed by atoms with Gasteiger partial charge in [-0.1, -0.05) is 77.8 Å². The van der Waals surface area contributed by atoms with E-state index in [1.54, 1.807) is 0 Å². The van der Waals surface area contributed by atoms with Crippen LogP contribution in [-0.4, -0.2) is 12.3 Å². The van der Waals surface area contributed by atoms with E-state index >= 15 is 0 Å². The van der Waals surface area contributed by atoms with Crippen LogP contribution >= 0.6 is 26.7 Å². The molecule has 106 valence electrons. The molecule has 0 aliphatic carbocycles. The third-order valence-corrected chi connectivity index (χ3v) is 5.31. The predicted molar refractivity (Wildman–Crippen MR) is 90.8 cm³/mol. The first-order valence-electron chi connectivity index (χ1n) is 5.65. The molecular weight excluding hydrogens is 384 g/mol. The summed E-state index contributed by atoms with van der Waals surface area (Å²) in [6.07, 6.45) is 2.63. The van der Waals surface area contributed by atoms with E-state index in [0.717, 1.165) is 17.2 Å². The van der Waals surface area contributed by atoms with Gasteiger partial charge in [-0.15, -0.1) is 0 Å². The molecule has 0 saturated heterocycles. The minimum atomic E-state index is 0. The van der Waals surface area contributed by atoms with Crippen LogP contribution in [0.4, 0.5) is 0 Å². The predicted octanol–water partition coefficient (Wildman–Crippen LogP) is 4.13. The molecule has 0 heterocycles. The zero-order valence-corrected chi connectivity index (χ0v) is 15.2. The number of halogens is 1. The van der Waals surface area contributed by atoms with E-state index in [-0.39, 0.29) is 7.43 Å². The van der Waals surface area contributed by atoms with E-state index in [1.165, 1.54) is 22.9 Å². The van der Waals surface area contributed by atoms with Crippen molar-refractivity contribution < 1.29 is 18.2 Å². The summed E-state index contributed by atoms with van der Waals surface area (Å²) in [6, 6.07) is 21.6. The van der Waals surface area contributed by atoms with Crippen molar-refractivity contribution in [1.82, 2.24) is 0 Å². The molecule has 2 atom stereocenters. The van der Waals surface area contributed by atoms with Gasteiger partial charge in [0.2, 0.25) is 0 Å². The van der Waals surface area contributed by atoms with Crippen LogP contribution in [0.5, 0.6) is 0 Å². The largest absolute Gasteiger partial charge is 0.0900 e. The second-order valence-electron chi connectivity index (χ2n) is 3.59. The summed E-state index contributed by atoms with van der Waals surface area (Å²) in [4.78, 5) is 0. The molecule has 0 radical (unpaired) electrons. The number of hydrogen-bond acceptors (Lipinski definition) is 0. The zero-order valence-electron chi connectivity index (χ0n) is 10.9. The first kappa shape index (κ1) is 19.3. The summed E-state index contributed by atoms with van der Waals surface area (Å²) >= 11 is 2.22. The maximum absolute atomic E-state index is 4.49. The van der Waals surface area contributed by atoms with Gasteiger partial charge in [0.25, 0.3) is 0 Å². The molecule has 0 aliphatic heterocycles. The van der Waals surface area contributed by atoms with Crippen molar-refractivity contribution in [3.63, 3.8) is 0 Å². The van der Waals surface area contributed by atoms with Crippen LogP contribution < -0.4 is 10.6 Å². The molecule has 0 spiro atoms.